The van der Waals surface area contributed by atoms with Gasteiger partial charge in [0.05, 0.1) is 13.2 Å². The lowest BCUT2D eigenvalue weighted by Crippen LogP contribution is -2.43. The van der Waals surface area contributed by atoms with Gasteiger partial charge in [-0.1, -0.05) is 60.7 Å². The van der Waals surface area contributed by atoms with Crippen molar-refractivity contribution >= 4 is 5.91 Å². The molecular formula is C23H25N3O4. The largest absolute Gasteiger partial charge is 0.377 e. The van der Waals surface area contributed by atoms with Gasteiger partial charge in [-0.05, 0) is 17.5 Å². The lowest BCUT2D eigenvalue weighted by Gasteiger charge is -2.10. The summed E-state index contributed by atoms with van der Waals surface area (Å²) >= 11 is 0. The van der Waals surface area contributed by atoms with Gasteiger partial charge in [-0.25, -0.2) is 4.79 Å². The standard InChI is InChI=1S/C23H25N3O4/c27-21(24-13-7-15-30-18-20-10-5-2-6-11-20)17-26-22(28)12-14-25(23(26)29)16-19-8-3-1-4-9-19/h1-6,8-12,14H,7,13,15-18H2,(H,24,27). The number of carbonyl (C=O) groups is 1. The van der Waals surface area contributed by atoms with Crippen LogP contribution in [0.4, 0.5) is 0 Å². The summed E-state index contributed by atoms with van der Waals surface area (Å²) in [6.45, 7) is 1.46. The average molecular weight is 407 g/mol. The summed E-state index contributed by atoms with van der Waals surface area (Å²) < 4.78 is 7.94. The molecule has 7 nitrogen and oxygen atoms in total. The van der Waals surface area contributed by atoms with E-state index in [9.17, 15) is 14.4 Å². The number of aromatic nitrogens is 2. The summed E-state index contributed by atoms with van der Waals surface area (Å²) in [5.74, 6) is -0.380. The predicted octanol–water partition coefficient (Wildman–Crippen LogP) is 1.78. The molecule has 3 aromatic rings. The molecule has 0 atom stereocenters. The van der Waals surface area contributed by atoms with E-state index in [-0.39, 0.29) is 12.5 Å². The number of hydrogen-bond acceptors (Lipinski definition) is 4. The minimum atomic E-state index is -0.507. The molecule has 0 saturated heterocycles. The van der Waals surface area contributed by atoms with Gasteiger partial charge in [-0.15, -0.1) is 0 Å². The summed E-state index contributed by atoms with van der Waals surface area (Å²) in [6, 6.07) is 20.6. The molecule has 0 aliphatic rings. The van der Waals surface area contributed by atoms with Crippen LogP contribution in [0.15, 0.2) is 82.5 Å². The zero-order chi connectivity index (χ0) is 21.2. The van der Waals surface area contributed by atoms with Crippen molar-refractivity contribution in [1.82, 2.24) is 14.5 Å². The van der Waals surface area contributed by atoms with Gasteiger partial charge in [-0.3, -0.25) is 18.7 Å². The smallest absolute Gasteiger partial charge is 0.331 e. The molecule has 1 amide bonds. The monoisotopic (exact) mass is 407 g/mol. The summed E-state index contributed by atoms with van der Waals surface area (Å²) in [6.07, 6.45) is 2.09. The van der Waals surface area contributed by atoms with Crippen LogP contribution in [0.25, 0.3) is 0 Å². The van der Waals surface area contributed by atoms with Gasteiger partial charge in [-0.2, -0.15) is 0 Å². The van der Waals surface area contributed by atoms with Crippen LogP contribution >= 0.6 is 0 Å². The van der Waals surface area contributed by atoms with Crippen molar-refractivity contribution < 1.29 is 9.53 Å². The minimum absolute atomic E-state index is 0.307. The molecule has 0 aliphatic carbocycles. The number of hydrogen-bond donors (Lipinski definition) is 1. The molecule has 1 heterocycles. The molecule has 0 bridgehead atoms. The van der Waals surface area contributed by atoms with E-state index >= 15 is 0 Å². The topological polar surface area (TPSA) is 82.3 Å². The quantitative estimate of drug-likeness (QED) is 0.520. The molecular weight excluding hydrogens is 382 g/mol. The van der Waals surface area contributed by atoms with Gasteiger partial charge in [0.1, 0.15) is 6.54 Å². The summed E-state index contributed by atoms with van der Waals surface area (Å²) in [5, 5.41) is 2.73. The number of nitrogens with zero attached hydrogens (tertiary/aromatic N) is 2. The molecule has 0 radical (unpaired) electrons. The van der Waals surface area contributed by atoms with Gasteiger partial charge < -0.3 is 10.1 Å². The fourth-order valence-electron chi connectivity index (χ4n) is 2.97. The maximum Gasteiger partial charge on any atom is 0.331 e. The Morgan fingerprint density at radius 3 is 2.27 bits per heavy atom. The van der Waals surface area contributed by atoms with Crippen LogP contribution < -0.4 is 16.6 Å². The Bertz CT molecular complexity index is 1060. The third-order valence-electron chi connectivity index (χ3n) is 4.54. The van der Waals surface area contributed by atoms with Crippen LogP contribution in [0.1, 0.15) is 17.5 Å². The minimum Gasteiger partial charge on any atom is -0.377 e. The van der Waals surface area contributed by atoms with Crippen molar-refractivity contribution in [2.75, 3.05) is 13.2 Å². The van der Waals surface area contributed by atoms with E-state index in [1.165, 1.54) is 16.8 Å². The van der Waals surface area contributed by atoms with Crippen molar-refractivity contribution in [3.05, 3.63) is 105 Å². The molecule has 156 valence electrons. The van der Waals surface area contributed by atoms with Crippen LogP contribution in [0.3, 0.4) is 0 Å². The van der Waals surface area contributed by atoms with E-state index in [1.807, 2.05) is 60.7 Å². The highest BCUT2D eigenvalue weighted by molar-refractivity contribution is 5.75. The lowest BCUT2D eigenvalue weighted by molar-refractivity contribution is -0.121. The fraction of sp³-hybridized carbons (Fsp3) is 0.261. The molecule has 0 aliphatic heterocycles. The van der Waals surface area contributed by atoms with Crippen LogP contribution in [-0.2, 0) is 29.2 Å². The van der Waals surface area contributed by atoms with Crippen LogP contribution in [0.2, 0.25) is 0 Å². The van der Waals surface area contributed by atoms with Gasteiger partial charge in [0, 0.05) is 25.4 Å². The van der Waals surface area contributed by atoms with E-state index in [0.29, 0.717) is 32.7 Å². The normalized spacial score (nSPS) is 10.7. The van der Waals surface area contributed by atoms with E-state index in [1.54, 1.807) is 0 Å². The zero-order valence-electron chi connectivity index (χ0n) is 16.7. The molecule has 1 aromatic heterocycles. The summed E-state index contributed by atoms with van der Waals surface area (Å²) in [7, 11) is 0. The van der Waals surface area contributed by atoms with Crippen LogP contribution in [-0.4, -0.2) is 28.2 Å². The molecule has 0 spiro atoms. The second-order valence-electron chi connectivity index (χ2n) is 6.88. The third-order valence-corrected chi connectivity index (χ3v) is 4.54. The number of benzene rings is 2. The molecule has 0 saturated carbocycles. The Labute approximate surface area is 174 Å². The first-order valence-electron chi connectivity index (χ1n) is 9.86. The van der Waals surface area contributed by atoms with E-state index in [0.717, 1.165) is 15.7 Å². The highest BCUT2D eigenvalue weighted by Gasteiger charge is 2.10. The second kappa shape index (κ2) is 10.9. The molecule has 0 unspecified atom stereocenters. The first-order chi connectivity index (χ1) is 14.6. The van der Waals surface area contributed by atoms with E-state index < -0.39 is 11.2 Å². The Morgan fingerprint density at radius 1 is 0.900 bits per heavy atom. The summed E-state index contributed by atoms with van der Waals surface area (Å²) in [4.78, 5) is 36.9. The first kappa shape index (κ1) is 21.3. The Hall–Kier alpha value is -3.45. The van der Waals surface area contributed by atoms with Crippen molar-refractivity contribution in [2.45, 2.75) is 26.1 Å². The number of amides is 1. The maximum atomic E-state index is 12.6. The highest BCUT2D eigenvalue weighted by atomic mass is 16.5. The van der Waals surface area contributed by atoms with Gasteiger partial charge in [0.15, 0.2) is 0 Å². The van der Waals surface area contributed by atoms with Crippen molar-refractivity contribution in [2.24, 2.45) is 0 Å². The third kappa shape index (κ3) is 6.28. The molecule has 1 N–H and O–H groups in total. The number of rotatable bonds is 10. The van der Waals surface area contributed by atoms with Gasteiger partial charge in [0.2, 0.25) is 5.91 Å². The van der Waals surface area contributed by atoms with Crippen molar-refractivity contribution in [3.8, 4) is 0 Å². The summed E-state index contributed by atoms with van der Waals surface area (Å²) in [5.41, 5.74) is 1.03. The first-order valence-corrected chi connectivity index (χ1v) is 9.86. The average Bonchev–Trinajstić information content (AvgIpc) is 2.77. The van der Waals surface area contributed by atoms with Gasteiger partial charge in [0.25, 0.3) is 5.56 Å². The fourth-order valence-corrected chi connectivity index (χ4v) is 2.97. The molecule has 3 rings (SSSR count). The van der Waals surface area contributed by atoms with Crippen molar-refractivity contribution in [1.29, 1.82) is 0 Å². The number of nitrogens with one attached hydrogen (secondary N) is 1. The van der Waals surface area contributed by atoms with Crippen LogP contribution in [0, 0.1) is 0 Å². The zero-order valence-corrected chi connectivity index (χ0v) is 16.7. The molecule has 2 aromatic carbocycles. The SMILES string of the molecule is O=C(Cn1c(=O)ccn(Cc2ccccc2)c1=O)NCCCOCc1ccccc1. The molecule has 0 fully saturated rings. The molecule has 7 heteroatoms. The Balaban J connectivity index is 1.47. The maximum absolute atomic E-state index is 12.6. The predicted molar refractivity (Wildman–Crippen MR) is 114 cm³/mol. The number of carbonyl (C=O) groups excluding carboxylic acids is 1. The van der Waals surface area contributed by atoms with E-state index in [2.05, 4.69) is 5.32 Å². The number of ether oxygens (including phenoxy) is 1. The lowest BCUT2D eigenvalue weighted by atomic mass is 10.2. The van der Waals surface area contributed by atoms with Crippen molar-refractivity contribution in [3.63, 3.8) is 0 Å². The van der Waals surface area contributed by atoms with E-state index in [4.69, 9.17) is 4.74 Å². The Morgan fingerprint density at radius 2 is 1.57 bits per heavy atom. The molecule has 30 heavy (non-hydrogen) atoms. The Kier molecular flexibility index (Phi) is 7.74. The highest BCUT2D eigenvalue weighted by Crippen LogP contribution is 2.01. The van der Waals surface area contributed by atoms with Gasteiger partial charge >= 0.3 is 5.69 Å². The second-order valence-corrected chi connectivity index (χ2v) is 6.88. The van der Waals surface area contributed by atoms with Crippen LogP contribution in [0.5, 0.6) is 0 Å².